The molecule has 0 spiro atoms. The van der Waals surface area contributed by atoms with Crippen molar-refractivity contribution in [3.8, 4) is 0 Å². The summed E-state index contributed by atoms with van der Waals surface area (Å²) < 4.78 is 28.0. The van der Waals surface area contributed by atoms with E-state index in [0.717, 1.165) is 37.1 Å². The summed E-state index contributed by atoms with van der Waals surface area (Å²) in [6, 6.07) is 12.9. The number of nitrogens with one attached hydrogen (secondary N) is 2. The average molecular weight is 409 g/mol. The van der Waals surface area contributed by atoms with Crippen LogP contribution in [0.25, 0.3) is 0 Å². The molecule has 0 amide bonds. The lowest BCUT2D eigenvalue weighted by Gasteiger charge is -2.12. The summed E-state index contributed by atoms with van der Waals surface area (Å²) in [7, 11) is -3.57. The first-order chi connectivity index (χ1) is 11.5. The van der Waals surface area contributed by atoms with E-state index in [9.17, 15) is 8.42 Å². The van der Waals surface area contributed by atoms with Crippen molar-refractivity contribution >= 4 is 31.6 Å². The largest absolute Gasteiger partial charge is 0.316 e. The first kappa shape index (κ1) is 17.5. The van der Waals surface area contributed by atoms with Gasteiger partial charge in [-0.25, -0.2) is 8.42 Å². The minimum absolute atomic E-state index is 0.237. The monoisotopic (exact) mass is 408 g/mol. The van der Waals surface area contributed by atoms with Crippen LogP contribution in [-0.2, 0) is 22.9 Å². The summed E-state index contributed by atoms with van der Waals surface area (Å²) in [5.41, 5.74) is 4.03. The minimum Gasteiger partial charge on any atom is -0.316 e. The van der Waals surface area contributed by atoms with Gasteiger partial charge in [0.2, 0.25) is 0 Å². The second kappa shape index (κ2) is 7.25. The highest BCUT2D eigenvalue weighted by Gasteiger charge is 2.17. The van der Waals surface area contributed by atoms with Crippen LogP contribution in [0.2, 0.25) is 0 Å². The van der Waals surface area contributed by atoms with Gasteiger partial charge in [0.15, 0.2) is 0 Å². The highest BCUT2D eigenvalue weighted by molar-refractivity contribution is 9.09. The van der Waals surface area contributed by atoms with Crippen LogP contribution in [0.5, 0.6) is 0 Å². The van der Waals surface area contributed by atoms with Gasteiger partial charge in [-0.1, -0.05) is 34.1 Å². The number of benzene rings is 2. The highest BCUT2D eigenvalue weighted by Crippen LogP contribution is 2.25. The van der Waals surface area contributed by atoms with Crippen LogP contribution >= 0.6 is 15.9 Å². The normalized spacial score (nSPS) is 16.1. The molecule has 0 fully saturated rings. The number of rotatable bonds is 4. The molecule has 0 aromatic heterocycles. The van der Waals surface area contributed by atoms with E-state index >= 15 is 0 Å². The molecule has 0 aliphatic carbocycles. The summed E-state index contributed by atoms with van der Waals surface area (Å²) in [5.74, 6) is 0. The van der Waals surface area contributed by atoms with E-state index in [4.69, 9.17) is 0 Å². The molecule has 1 aliphatic rings. The molecule has 0 bridgehead atoms. The topological polar surface area (TPSA) is 58.2 Å². The van der Waals surface area contributed by atoms with Crippen LogP contribution in [-0.4, -0.2) is 21.5 Å². The van der Waals surface area contributed by atoms with Gasteiger partial charge in [-0.2, -0.15) is 0 Å². The molecule has 2 N–H and O–H groups in total. The van der Waals surface area contributed by atoms with Gasteiger partial charge in [-0.3, -0.25) is 4.72 Å². The maximum Gasteiger partial charge on any atom is 0.261 e. The Bertz CT molecular complexity index is 817. The molecule has 2 aromatic rings. The van der Waals surface area contributed by atoms with E-state index in [2.05, 4.69) is 26.0 Å². The Morgan fingerprint density at radius 3 is 2.38 bits per heavy atom. The van der Waals surface area contributed by atoms with Crippen LogP contribution < -0.4 is 10.0 Å². The number of sulfonamides is 1. The van der Waals surface area contributed by atoms with Gasteiger partial charge in [0.05, 0.1) is 4.90 Å². The summed E-state index contributed by atoms with van der Waals surface area (Å²) in [5, 5.41) is 3.34. The number of hydrogen-bond donors (Lipinski definition) is 2. The fraction of sp³-hybridized carbons (Fsp3) is 0.333. The molecule has 0 saturated carbocycles. The summed E-state index contributed by atoms with van der Waals surface area (Å²) in [6.07, 6.45) is 1.80. The number of halogens is 1. The second-order valence-corrected chi connectivity index (χ2v) is 9.08. The molecular formula is C18H21BrN2O2S. The van der Waals surface area contributed by atoms with Gasteiger partial charge >= 0.3 is 0 Å². The van der Waals surface area contributed by atoms with E-state index in [-0.39, 0.29) is 4.83 Å². The second-order valence-electron chi connectivity index (χ2n) is 6.02. The van der Waals surface area contributed by atoms with Crippen LogP contribution in [0.4, 0.5) is 5.69 Å². The molecule has 1 unspecified atom stereocenters. The predicted molar refractivity (Wildman–Crippen MR) is 101 cm³/mol. The molecule has 1 atom stereocenters. The lowest BCUT2D eigenvalue weighted by Crippen LogP contribution is -2.16. The smallest absolute Gasteiger partial charge is 0.261 e. The molecule has 128 valence electrons. The minimum atomic E-state index is -3.57. The maximum absolute atomic E-state index is 12.7. The Morgan fingerprint density at radius 1 is 1.04 bits per heavy atom. The molecule has 1 aliphatic heterocycles. The lowest BCUT2D eigenvalue weighted by molar-refractivity contribution is 0.601. The first-order valence-corrected chi connectivity index (χ1v) is 10.4. The van der Waals surface area contributed by atoms with Gasteiger partial charge in [-0.05, 0) is 73.8 Å². The number of alkyl halides is 1. The third-order valence-electron chi connectivity index (χ3n) is 4.25. The van der Waals surface area contributed by atoms with Crippen molar-refractivity contribution in [3.05, 3.63) is 59.2 Å². The van der Waals surface area contributed by atoms with E-state index in [0.29, 0.717) is 10.6 Å². The SMILES string of the molecule is CC(Br)c1ccc(NS(=O)(=O)c2ccc3c(c2)CCNCC3)cc1. The van der Waals surface area contributed by atoms with Crippen molar-refractivity contribution in [2.24, 2.45) is 0 Å². The van der Waals surface area contributed by atoms with Gasteiger partial charge in [-0.15, -0.1) is 0 Å². The molecule has 6 heteroatoms. The molecule has 2 aromatic carbocycles. The van der Waals surface area contributed by atoms with E-state index in [1.165, 1.54) is 5.56 Å². The Kier molecular flexibility index (Phi) is 5.27. The molecule has 4 nitrogen and oxygen atoms in total. The summed E-state index contributed by atoms with van der Waals surface area (Å²) in [6.45, 7) is 3.86. The van der Waals surface area contributed by atoms with Crippen molar-refractivity contribution in [2.45, 2.75) is 29.5 Å². The predicted octanol–water partition coefficient (Wildman–Crippen LogP) is 3.63. The summed E-state index contributed by atoms with van der Waals surface area (Å²) in [4.78, 5) is 0.558. The van der Waals surface area contributed by atoms with Gasteiger partial charge in [0, 0.05) is 10.5 Å². The van der Waals surface area contributed by atoms with Crippen LogP contribution in [0.15, 0.2) is 47.4 Å². The third-order valence-corrected chi connectivity index (χ3v) is 6.16. The third kappa shape index (κ3) is 3.99. The Morgan fingerprint density at radius 2 is 1.71 bits per heavy atom. The Balaban J connectivity index is 1.83. The summed E-state index contributed by atoms with van der Waals surface area (Å²) >= 11 is 3.50. The van der Waals surface area contributed by atoms with Crippen LogP contribution in [0.1, 0.15) is 28.4 Å². The van der Waals surface area contributed by atoms with Crippen LogP contribution in [0.3, 0.4) is 0 Å². The van der Waals surface area contributed by atoms with Crippen molar-refractivity contribution in [3.63, 3.8) is 0 Å². The number of fused-ring (bicyclic) bond motifs is 1. The molecule has 0 saturated heterocycles. The van der Waals surface area contributed by atoms with E-state index in [1.54, 1.807) is 24.3 Å². The number of anilines is 1. The van der Waals surface area contributed by atoms with Crippen molar-refractivity contribution in [1.82, 2.24) is 5.32 Å². The quantitative estimate of drug-likeness (QED) is 0.759. The van der Waals surface area contributed by atoms with Crippen molar-refractivity contribution < 1.29 is 8.42 Å². The molecule has 1 heterocycles. The molecule has 0 radical (unpaired) electrons. The Hall–Kier alpha value is -1.37. The molecule has 3 rings (SSSR count). The Labute approximate surface area is 151 Å². The van der Waals surface area contributed by atoms with Gasteiger partial charge in [0.1, 0.15) is 0 Å². The van der Waals surface area contributed by atoms with Crippen molar-refractivity contribution in [2.75, 3.05) is 17.8 Å². The van der Waals surface area contributed by atoms with Crippen LogP contribution in [0, 0.1) is 0 Å². The van der Waals surface area contributed by atoms with E-state index in [1.807, 2.05) is 25.1 Å². The first-order valence-electron chi connectivity index (χ1n) is 8.05. The lowest BCUT2D eigenvalue weighted by atomic mass is 10.0. The fourth-order valence-corrected chi connectivity index (χ4v) is 4.26. The molecule has 24 heavy (non-hydrogen) atoms. The maximum atomic E-state index is 12.7. The zero-order valence-corrected chi connectivity index (χ0v) is 16.0. The van der Waals surface area contributed by atoms with Gasteiger partial charge < -0.3 is 5.32 Å². The average Bonchev–Trinajstić information content (AvgIpc) is 2.79. The zero-order valence-electron chi connectivity index (χ0n) is 13.5. The van der Waals surface area contributed by atoms with E-state index < -0.39 is 10.0 Å². The number of hydrogen-bond acceptors (Lipinski definition) is 3. The fourth-order valence-electron chi connectivity index (χ4n) is 2.85. The van der Waals surface area contributed by atoms with Crippen molar-refractivity contribution in [1.29, 1.82) is 0 Å². The highest BCUT2D eigenvalue weighted by atomic mass is 79.9. The van der Waals surface area contributed by atoms with Gasteiger partial charge in [0.25, 0.3) is 10.0 Å². The standard InChI is InChI=1S/C18H21BrN2O2S/c1-13(19)14-2-5-17(6-3-14)21-24(22,23)18-7-4-15-8-10-20-11-9-16(15)12-18/h2-7,12-13,20-21H,8-11H2,1H3. The zero-order chi connectivity index (χ0) is 17.2. The molecular weight excluding hydrogens is 388 g/mol.